The second-order valence-corrected chi connectivity index (χ2v) is 5.18. The summed E-state index contributed by atoms with van der Waals surface area (Å²) in [5.74, 6) is 2.17. The van der Waals surface area contributed by atoms with Gasteiger partial charge in [0.15, 0.2) is 0 Å². The Bertz CT molecular complexity index is 542. The molecule has 18 heavy (non-hydrogen) atoms. The van der Waals surface area contributed by atoms with E-state index in [2.05, 4.69) is 21.5 Å². The van der Waals surface area contributed by atoms with E-state index in [9.17, 15) is 0 Å². The summed E-state index contributed by atoms with van der Waals surface area (Å²) in [4.78, 5) is 8.39. The van der Waals surface area contributed by atoms with E-state index in [4.69, 9.17) is 5.73 Å². The standard InChI is InChI=1S/C14H18N4/c1-10(11-4-5-11)8-18-9-16-7-13(18)12-3-2-6-17-14(12)15/h2-3,6-7,9-11H,4-5,8H2,1H3,(H2,15,17). The van der Waals surface area contributed by atoms with Crippen LogP contribution in [0.4, 0.5) is 5.82 Å². The third-order valence-corrected chi connectivity index (χ3v) is 3.74. The van der Waals surface area contributed by atoms with E-state index < -0.39 is 0 Å². The number of rotatable bonds is 4. The van der Waals surface area contributed by atoms with Crippen LogP contribution >= 0.6 is 0 Å². The summed E-state index contributed by atoms with van der Waals surface area (Å²) in [6, 6.07) is 3.91. The second-order valence-electron chi connectivity index (χ2n) is 5.18. The third-order valence-electron chi connectivity index (χ3n) is 3.74. The summed E-state index contributed by atoms with van der Waals surface area (Å²) < 4.78 is 2.19. The van der Waals surface area contributed by atoms with E-state index in [-0.39, 0.29) is 0 Å². The first kappa shape index (κ1) is 11.3. The van der Waals surface area contributed by atoms with Gasteiger partial charge in [0.05, 0.1) is 18.2 Å². The predicted molar refractivity (Wildman–Crippen MR) is 71.8 cm³/mol. The van der Waals surface area contributed by atoms with Crippen molar-refractivity contribution >= 4 is 5.82 Å². The van der Waals surface area contributed by atoms with Crippen molar-refractivity contribution < 1.29 is 0 Å². The topological polar surface area (TPSA) is 56.7 Å². The van der Waals surface area contributed by atoms with E-state index in [0.29, 0.717) is 11.7 Å². The van der Waals surface area contributed by atoms with Gasteiger partial charge in [0.2, 0.25) is 0 Å². The molecule has 1 aliphatic carbocycles. The highest BCUT2D eigenvalue weighted by molar-refractivity contribution is 5.70. The van der Waals surface area contributed by atoms with Gasteiger partial charge in [0, 0.05) is 18.3 Å². The van der Waals surface area contributed by atoms with Crippen LogP contribution in [-0.2, 0) is 6.54 Å². The minimum absolute atomic E-state index is 0.568. The number of hydrogen-bond acceptors (Lipinski definition) is 3. The van der Waals surface area contributed by atoms with E-state index in [1.54, 1.807) is 6.20 Å². The number of hydrogen-bond donors (Lipinski definition) is 1. The van der Waals surface area contributed by atoms with Crippen molar-refractivity contribution in [2.45, 2.75) is 26.3 Å². The van der Waals surface area contributed by atoms with Gasteiger partial charge in [0.1, 0.15) is 5.82 Å². The average Bonchev–Trinajstić information content (AvgIpc) is 3.12. The summed E-state index contributed by atoms with van der Waals surface area (Å²) in [6.45, 7) is 3.32. The maximum Gasteiger partial charge on any atom is 0.132 e. The first-order valence-electron chi connectivity index (χ1n) is 6.46. The number of imidazole rings is 1. The number of nitrogen functional groups attached to an aromatic ring is 1. The molecule has 1 saturated carbocycles. The fraction of sp³-hybridized carbons (Fsp3) is 0.429. The Hall–Kier alpha value is -1.84. The molecule has 0 saturated heterocycles. The van der Waals surface area contributed by atoms with Crippen LogP contribution in [-0.4, -0.2) is 14.5 Å². The third kappa shape index (κ3) is 2.10. The number of nitrogens with two attached hydrogens (primary N) is 1. The van der Waals surface area contributed by atoms with Gasteiger partial charge in [-0.15, -0.1) is 0 Å². The summed E-state index contributed by atoms with van der Waals surface area (Å²) in [6.07, 6.45) is 8.22. The lowest BCUT2D eigenvalue weighted by molar-refractivity contribution is 0.432. The number of nitrogens with zero attached hydrogens (tertiary/aromatic N) is 3. The van der Waals surface area contributed by atoms with Crippen molar-refractivity contribution in [3.63, 3.8) is 0 Å². The Morgan fingerprint density at radius 3 is 3.06 bits per heavy atom. The lowest BCUT2D eigenvalue weighted by atomic mass is 10.1. The van der Waals surface area contributed by atoms with Gasteiger partial charge in [0.25, 0.3) is 0 Å². The highest BCUT2D eigenvalue weighted by Crippen LogP contribution is 2.38. The Morgan fingerprint density at radius 2 is 2.33 bits per heavy atom. The van der Waals surface area contributed by atoms with E-state index in [0.717, 1.165) is 23.7 Å². The SMILES string of the molecule is CC(Cn1cncc1-c1cccnc1N)C1CC1. The minimum atomic E-state index is 0.568. The zero-order valence-electron chi connectivity index (χ0n) is 10.6. The molecule has 0 radical (unpaired) electrons. The monoisotopic (exact) mass is 242 g/mol. The van der Waals surface area contributed by atoms with Gasteiger partial charge < -0.3 is 10.3 Å². The van der Waals surface area contributed by atoms with Gasteiger partial charge in [-0.05, 0) is 36.8 Å². The molecule has 0 aliphatic heterocycles. The van der Waals surface area contributed by atoms with Crippen LogP contribution in [0.5, 0.6) is 0 Å². The molecule has 0 bridgehead atoms. The maximum atomic E-state index is 5.93. The summed E-state index contributed by atoms with van der Waals surface area (Å²) in [5, 5.41) is 0. The zero-order valence-corrected chi connectivity index (χ0v) is 10.6. The molecule has 2 aromatic rings. The average molecular weight is 242 g/mol. The van der Waals surface area contributed by atoms with E-state index in [1.165, 1.54) is 12.8 Å². The van der Waals surface area contributed by atoms with Crippen molar-refractivity contribution in [1.29, 1.82) is 0 Å². The molecule has 2 heterocycles. The van der Waals surface area contributed by atoms with Crippen molar-refractivity contribution in [3.8, 4) is 11.3 Å². The molecule has 1 aliphatic rings. The van der Waals surface area contributed by atoms with Crippen LogP contribution in [0, 0.1) is 11.8 Å². The van der Waals surface area contributed by atoms with Crippen LogP contribution in [0.1, 0.15) is 19.8 Å². The quantitative estimate of drug-likeness (QED) is 0.896. The van der Waals surface area contributed by atoms with Gasteiger partial charge in [-0.1, -0.05) is 6.92 Å². The number of aromatic nitrogens is 3. The first-order chi connectivity index (χ1) is 8.75. The zero-order chi connectivity index (χ0) is 12.5. The summed E-state index contributed by atoms with van der Waals surface area (Å²) in [5.41, 5.74) is 7.96. The van der Waals surface area contributed by atoms with E-state index >= 15 is 0 Å². The Morgan fingerprint density at radius 1 is 1.50 bits per heavy atom. The lowest BCUT2D eigenvalue weighted by Gasteiger charge is -2.14. The molecule has 0 aromatic carbocycles. The second kappa shape index (κ2) is 4.44. The van der Waals surface area contributed by atoms with Gasteiger partial charge in [-0.25, -0.2) is 9.97 Å². The molecule has 2 aromatic heterocycles. The van der Waals surface area contributed by atoms with Crippen LogP contribution in [0.3, 0.4) is 0 Å². The molecule has 4 heteroatoms. The molecule has 1 unspecified atom stereocenters. The molecule has 4 nitrogen and oxygen atoms in total. The fourth-order valence-corrected chi connectivity index (χ4v) is 2.45. The molecule has 0 amide bonds. The highest BCUT2D eigenvalue weighted by atomic mass is 15.1. The lowest BCUT2D eigenvalue weighted by Crippen LogP contribution is -2.10. The van der Waals surface area contributed by atoms with Crippen molar-refractivity contribution in [1.82, 2.24) is 14.5 Å². The summed E-state index contributed by atoms with van der Waals surface area (Å²) >= 11 is 0. The van der Waals surface area contributed by atoms with Gasteiger partial charge >= 0.3 is 0 Å². The van der Waals surface area contributed by atoms with Crippen molar-refractivity contribution in [2.75, 3.05) is 5.73 Å². The summed E-state index contributed by atoms with van der Waals surface area (Å²) in [7, 11) is 0. The largest absolute Gasteiger partial charge is 0.383 e. The van der Waals surface area contributed by atoms with Crippen LogP contribution in [0.2, 0.25) is 0 Å². The molecular formula is C14H18N4. The highest BCUT2D eigenvalue weighted by Gasteiger charge is 2.28. The molecule has 2 N–H and O–H groups in total. The molecule has 1 atom stereocenters. The normalized spacial score (nSPS) is 16.7. The van der Waals surface area contributed by atoms with Gasteiger partial charge in [-0.3, -0.25) is 0 Å². The van der Waals surface area contributed by atoms with Crippen molar-refractivity contribution in [3.05, 3.63) is 30.9 Å². The number of anilines is 1. The van der Waals surface area contributed by atoms with Gasteiger partial charge in [-0.2, -0.15) is 0 Å². The molecule has 1 fully saturated rings. The predicted octanol–water partition coefficient (Wildman–Crippen LogP) is 2.57. The Labute approximate surface area is 107 Å². The van der Waals surface area contributed by atoms with Crippen LogP contribution < -0.4 is 5.73 Å². The van der Waals surface area contributed by atoms with Crippen molar-refractivity contribution in [2.24, 2.45) is 11.8 Å². The Kier molecular flexibility index (Phi) is 2.78. The Balaban J connectivity index is 1.89. The minimum Gasteiger partial charge on any atom is -0.383 e. The molecule has 94 valence electrons. The molecule has 0 spiro atoms. The first-order valence-corrected chi connectivity index (χ1v) is 6.46. The molecular weight excluding hydrogens is 224 g/mol. The number of pyridine rings is 1. The van der Waals surface area contributed by atoms with Crippen LogP contribution in [0.25, 0.3) is 11.3 Å². The van der Waals surface area contributed by atoms with E-state index in [1.807, 2.05) is 24.7 Å². The van der Waals surface area contributed by atoms with Crippen LogP contribution in [0.15, 0.2) is 30.9 Å². The smallest absolute Gasteiger partial charge is 0.132 e. The molecule has 3 rings (SSSR count). The fourth-order valence-electron chi connectivity index (χ4n) is 2.45. The maximum absolute atomic E-state index is 5.93.